The Balaban J connectivity index is 1.75. The molecule has 0 radical (unpaired) electrons. The summed E-state index contributed by atoms with van der Waals surface area (Å²) in [6.45, 7) is 2.38. The summed E-state index contributed by atoms with van der Waals surface area (Å²) in [5.74, 6) is -0.486. The molecule has 2 aromatic carbocycles. The molecule has 1 fully saturated rings. The molecule has 1 unspecified atom stereocenters. The van der Waals surface area contributed by atoms with E-state index in [2.05, 4.69) is 10.0 Å². The second kappa shape index (κ2) is 9.86. The molecule has 0 bridgehead atoms. The van der Waals surface area contributed by atoms with Gasteiger partial charge < -0.3 is 10.1 Å². The number of ether oxygens (including phenoxy) is 1. The maximum atomic E-state index is 12.8. The van der Waals surface area contributed by atoms with Crippen molar-refractivity contribution in [2.75, 3.05) is 13.2 Å². The van der Waals surface area contributed by atoms with Gasteiger partial charge in [-0.2, -0.15) is 0 Å². The van der Waals surface area contributed by atoms with Crippen LogP contribution < -0.4 is 10.0 Å². The van der Waals surface area contributed by atoms with Gasteiger partial charge in [-0.3, -0.25) is 9.59 Å². The van der Waals surface area contributed by atoms with Gasteiger partial charge >= 0.3 is 5.97 Å². The van der Waals surface area contributed by atoms with Crippen molar-refractivity contribution in [3.8, 4) is 0 Å². The molecule has 0 heterocycles. The van der Waals surface area contributed by atoms with Gasteiger partial charge in [-0.25, -0.2) is 13.1 Å². The zero-order valence-electron chi connectivity index (χ0n) is 16.8. The van der Waals surface area contributed by atoms with Gasteiger partial charge in [-0.15, -0.1) is 0 Å². The van der Waals surface area contributed by atoms with Crippen LogP contribution in [0.3, 0.4) is 0 Å². The minimum absolute atomic E-state index is 0.0233. The largest absolute Gasteiger partial charge is 0.466 e. The highest BCUT2D eigenvalue weighted by molar-refractivity contribution is 7.89. The molecule has 2 N–H and O–H groups in total. The van der Waals surface area contributed by atoms with E-state index >= 15 is 0 Å². The van der Waals surface area contributed by atoms with Crippen LogP contribution in [0.2, 0.25) is 0 Å². The number of benzene rings is 2. The van der Waals surface area contributed by atoms with E-state index < -0.39 is 27.9 Å². The molecule has 2 aromatic rings. The van der Waals surface area contributed by atoms with E-state index in [1.54, 1.807) is 13.0 Å². The summed E-state index contributed by atoms with van der Waals surface area (Å²) in [5, 5.41) is 2.82. The topological polar surface area (TPSA) is 102 Å². The lowest BCUT2D eigenvalue weighted by atomic mass is 10.0. The number of hydrogen-bond acceptors (Lipinski definition) is 5. The highest BCUT2D eigenvalue weighted by Gasteiger charge is 2.25. The Bertz CT molecular complexity index is 988. The zero-order valence-corrected chi connectivity index (χ0v) is 17.7. The Kier molecular flexibility index (Phi) is 7.23. The van der Waals surface area contributed by atoms with Crippen LogP contribution in [0.5, 0.6) is 0 Å². The predicted molar refractivity (Wildman–Crippen MR) is 112 cm³/mol. The minimum atomic E-state index is -3.68. The second-order valence-corrected chi connectivity index (χ2v) is 9.04. The van der Waals surface area contributed by atoms with Gasteiger partial charge in [-0.05, 0) is 49.4 Å². The van der Waals surface area contributed by atoms with Gasteiger partial charge in [0.25, 0.3) is 5.91 Å². The average molecular weight is 431 g/mol. The standard InChI is InChI=1S/C22H26N2O5S/c1-2-29-21(25)14-20(17-7-4-3-5-8-17)24-22(26)18-9-6-10-19(13-18)30(27,28)23-15-16-11-12-16/h3-10,13,16,20,23H,2,11-12,14-15H2,1H3,(H,24,26). The van der Waals surface area contributed by atoms with Gasteiger partial charge in [0.1, 0.15) is 0 Å². The van der Waals surface area contributed by atoms with Crippen LogP contribution in [-0.4, -0.2) is 33.4 Å². The summed E-state index contributed by atoms with van der Waals surface area (Å²) in [5.41, 5.74) is 0.961. The van der Waals surface area contributed by atoms with Crippen LogP contribution in [0.15, 0.2) is 59.5 Å². The smallest absolute Gasteiger partial charge is 0.308 e. The number of rotatable bonds is 10. The van der Waals surface area contributed by atoms with E-state index in [-0.39, 0.29) is 23.5 Å². The van der Waals surface area contributed by atoms with Crippen molar-refractivity contribution >= 4 is 21.9 Å². The molecule has 1 atom stereocenters. The molecule has 1 aliphatic rings. The quantitative estimate of drug-likeness (QED) is 0.565. The van der Waals surface area contributed by atoms with E-state index in [1.807, 2.05) is 30.3 Å². The molecule has 1 aliphatic carbocycles. The molecular weight excluding hydrogens is 404 g/mol. The van der Waals surface area contributed by atoms with E-state index in [0.29, 0.717) is 12.5 Å². The van der Waals surface area contributed by atoms with Crippen molar-refractivity contribution < 1.29 is 22.7 Å². The third-order valence-electron chi connectivity index (χ3n) is 4.85. The number of hydrogen-bond donors (Lipinski definition) is 2. The Labute approximate surface area is 176 Å². The van der Waals surface area contributed by atoms with Crippen LogP contribution in [-0.2, 0) is 19.6 Å². The zero-order chi connectivity index (χ0) is 21.6. The highest BCUT2D eigenvalue weighted by atomic mass is 32.2. The first-order valence-corrected chi connectivity index (χ1v) is 11.5. The molecule has 1 amide bonds. The lowest BCUT2D eigenvalue weighted by Gasteiger charge is -2.19. The van der Waals surface area contributed by atoms with Crippen molar-refractivity contribution in [2.24, 2.45) is 5.92 Å². The SMILES string of the molecule is CCOC(=O)CC(NC(=O)c1cccc(S(=O)(=O)NCC2CC2)c1)c1ccccc1. The minimum Gasteiger partial charge on any atom is -0.466 e. The van der Waals surface area contributed by atoms with Crippen LogP contribution in [0.25, 0.3) is 0 Å². The maximum absolute atomic E-state index is 12.8. The summed E-state index contributed by atoms with van der Waals surface area (Å²) in [6, 6.07) is 14.4. The van der Waals surface area contributed by atoms with Crippen LogP contribution in [0.1, 0.15) is 48.1 Å². The summed E-state index contributed by atoms with van der Waals surface area (Å²) in [4.78, 5) is 24.9. The number of amides is 1. The number of sulfonamides is 1. The van der Waals surface area contributed by atoms with Gasteiger partial charge in [0.2, 0.25) is 10.0 Å². The van der Waals surface area contributed by atoms with Gasteiger partial charge in [-0.1, -0.05) is 36.4 Å². The molecule has 30 heavy (non-hydrogen) atoms. The van der Waals surface area contributed by atoms with Crippen molar-refractivity contribution in [3.63, 3.8) is 0 Å². The highest BCUT2D eigenvalue weighted by Crippen LogP contribution is 2.28. The Hall–Kier alpha value is -2.71. The molecule has 8 heteroatoms. The van der Waals surface area contributed by atoms with Crippen LogP contribution in [0.4, 0.5) is 0 Å². The number of carbonyl (C=O) groups excluding carboxylic acids is 2. The van der Waals surface area contributed by atoms with Gasteiger partial charge in [0.05, 0.1) is 24.0 Å². The van der Waals surface area contributed by atoms with Crippen molar-refractivity contribution in [1.29, 1.82) is 0 Å². The fourth-order valence-electron chi connectivity index (χ4n) is 3.00. The van der Waals surface area contributed by atoms with Gasteiger partial charge in [0.15, 0.2) is 0 Å². The van der Waals surface area contributed by atoms with Crippen molar-refractivity contribution in [3.05, 3.63) is 65.7 Å². The molecule has 3 rings (SSSR count). The molecule has 0 aromatic heterocycles. The number of esters is 1. The molecule has 1 saturated carbocycles. The predicted octanol–water partition coefficient (Wildman–Crippen LogP) is 2.80. The summed E-state index contributed by atoms with van der Waals surface area (Å²) in [7, 11) is -3.68. The normalized spacial score (nSPS) is 14.7. The molecular formula is C22H26N2O5S. The molecule has 160 valence electrons. The van der Waals surface area contributed by atoms with E-state index in [1.165, 1.54) is 18.2 Å². The summed E-state index contributed by atoms with van der Waals surface area (Å²) >= 11 is 0. The average Bonchev–Trinajstić information content (AvgIpc) is 3.57. The van der Waals surface area contributed by atoms with E-state index in [9.17, 15) is 18.0 Å². The molecule has 0 aliphatic heterocycles. The monoisotopic (exact) mass is 430 g/mol. The first-order chi connectivity index (χ1) is 14.4. The van der Waals surface area contributed by atoms with Crippen LogP contribution >= 0.6 is 0 Å². The fourth-order valence-corrected chi connectivity index (χ4v) is 4.16. The Morgan fingerprint density at radius 3 is 2.50 bits per heavy atom. The van der Waals surface area contributed by atoms with Gasteiger partial charge in [0, 0.05) is 12.1 Å². The molecule has 7 nitrogen and oxygen atoms in total. The number of nitrogens with one attached hydrogen (secondary N) is 2. The third kappa shape index (κ3) is 6.14. The lowest BCUT2D eigenvalue weighted by Crippen LogP contribution is -2.31. The maximum Gasteiger partial charge on any atom is 0.308 e. The summed E-state index contributed by atoms with van der Waals surface area (Å²) < 4.78 is 32.6. The van der Waals surface area contributed by atoms with Crippen LogP contribution in [0, 0.1) is 5.92 Å². The van der Waals surface area contributed by atoms with Crippen molar-refractivity contribution in [2.45, 2.75) is 37.1 Å². The molecule has 0 saturated heterocycles. The second-order valence-electron chi connectivity index (χ2n) is 7.27. The summed E-state index contributed by atoms with van der Waals surface area (Å²) in [6.07, 6.45) is 2.04. The first-order valence-electron chi connectivity index (χ1n) is 10.00. The van der Waals surface area contributed by atoms with E-state index in [4.69, 9.17) is 4.74 Å². The third-order valence-corrected chi connectivity index (χ3v) is 6.27. The fraction of sp³-hybridized carbons (Fsp3) is 0.364. The van der Waals surface area contributed by atoms with Crippen molar-refractivity contribution in [1.82, 2.24) is 10.0 Å². The number of carbonyl (C=O) groups is 2. The molecule has 0 spiro atoms. The lowest BCUT2D eigenvalue weighted by molar-refractivity contribution is -0.143. The Morgan fingerprint density at radius 2 is 1.83 bits per heavy atom. The first kappa shape index (κ1) is 22.0. The van der Waals surface area contributed by atoms with E-state index in [0.717, 1.165) is 18.4 Å². The Morgan fingerprint density at radius 1 is 1.10 bits per heavy atom.